The maximum absolute atomic E-state index is 9.42. The third-order valence-electron chi connectivity index (χ3n) is 2.21. The zero-order chi connectivity index (χ0) is 7.61. The molecular weight excluding hydrogens is 128 g/mol. The van der Waals surface area contributed by atoms with Gasteiger partial charge in [-0.15, -0.1) is 0 Å². The van der Waals surface area contributed by atoms with Gasteiger partial charge in [-0.25, -0.2) is 0 Å². The van der Waals surface area contributed by atoms with E-state index >= 15 is 0 Å². The summed E-state index contributed by atoms with van der Waals surface area (Å²) in [6, 6.07) is 0. The minimum Gasteiger partial charge on any atom is -0.395 e. The second-order valence-electron chi connectivity index (χ2n) is 3.16. The highest BCUT2D eigenvalue weighted by Gasteiger charge is 2.30. The Bertz CT molecular complexity index is 142. The van der Waals surface area contributed by atoms with Crippen molar-refractivity contribution < 1.29 is 10.2 Å². The van der Waals surface area contributed by atoms with E-state index in [0.29, 0.717) is 0 Å². The van der Waals surface area contributed by atoms with Crippen LogP contribution in [0.4, 0.5) is 0 Å². The lowest BCUT2D eigenvalue weighted by atomic mass is 9.79. The average molecular weight is 142 g/mol. The van der Waals surface area contributed by atoms with Gasteiger partial charge < -0.3 is 10.2 Å². The van der Waals surface area contributed by atoms with Crippen molar-refractivity contribution in [3.05, 3.63) is 12.2 Å². The number of hydrogen-bond donors (Lipinski definition) is 2. The molecule has 10 heavy (non-hydrogen) atoms. The van der Waals surface area contributed by atoms with Gasteiger partial charge in [-0.05, 0) is 12.8 Å². The van der Waals surface area contributed by atoms with Gasteiger partial charge in [0.05, 0.1) is 12.7 Å². The molecule has 0 aromatic carbocycles. The van der Waals surface area contributed by atoms with Gasteiger partial charge in [0.1, 0.15) is 0 Å². The standard InChI is InChI=1S/C8H14O2/c1-8(6-9)5-3-2-4-7(8)10/h3,5,7,9-10H,2,4,6H2,1H3/t7-,8-/m1/s1. The topological polar surface area (TPSA) is 40.5 Å². The van der Waals surface area contributed by atoms with Crippen LogP contribution in [-0.2, 0) is 0 Å². The molecule has 2 N–H and O–H groups in total. The van der Waals surface area contributed by atoms with Crippen LogP contribution in [0.15, 0.2) is 12.2 Å². The van der Waals surface area contributed by atoms with E-state index in [1.807, 2.05) is 19.1 Å². The molecule has 0 amide bonds. The molecule has 58 valence electrons. The third-order valence-corrected chi connectivity index (χ3v) is 2.21. The molecule has 2 nitrogen and oxygen atoms in total. The van der Waals surface area contributed by atoms with E-state index in [4.69, 9.17) is 5.11 Å². The first-order valence-electron chi connectivity index (χ1n) is 3.66. The second kappa shape index (κ2) is 2.72. The summed E-state index contributed by atoms with van der Waals surface area (Å²) < 4.78 is 0. The fraction of sp³-hybridized carbons (Fsp3) is 0.750. The fourth-order valence-electron chi connectivity index (χ4n) is 1.21. The van der Waals surface area contributed by atoms with E-state index in [9.17, 15) is 5.11 Å². The summed E-state index contributed by atoms with van der Waals surface area (Å²) >= 11 is 0. The van der Waals surface area contributed by atoms with Crippen LogP contribution in [-0.4, -0.2) is 22.9 Å². The van der Waals surface area contributed by atoms with Crippen LogP contribution in [0.3, 0.4) is 0 Å². The highest BCUT2D eigenvalue weighted by atomic mass is 16.3. The molecule has 0 saturated carbocycles. The molecule has 2 atom stereocenters. The van der Waals surface area contributed by atoms with Crippen molar-refractivity contribution in [3.8, 4) is 0 Å². The maximum Gasteiger partial charge on any atom is 0.0653 e. The largest absolute Gasteiger partial charge is 0.395 e. The Hall–Kier alpha value is -0.340. The van der Waals surface area contributed by atoms with Gasteiger partial charge in [-0.3, -0.25) is 0 Å². The predicted molar refractivity (Wildman–Crippen MR) is 39.6 cm³/mol. The van der Waals surface area contributed by atoms with Gasteiger partial charge in [0.25, 0.3) is 0 Å². The van der Waals surface area contributed by atoms with Crippen molar-refractivity contribution in [2.24, 2.45) is 5.41 Å². The molecule has 1 aliphatic carbocycles. The molecule has 0 aromatic heterocycles. The lowest BCUT2D eigenvalue weighted by molar-refractivity contribution is 0.0178. The van der Waals surface area contributed by atoms with Crippen LogP contribution in [0.1, 0.15) is 19.8 Å². The summed E-state index contributed by atoms with van der Waals surface area (Å²) in [6.45, 7) is 1.90. The average Bonchev–Trinajstić information content (AvgIpc) is 1.96. The Kier molecular flexibility index (Phi) is 2.11. The van der Waals surface area contributed by atoms with Gasteiger partial charge >= 0.3 is 0 Å². The molecular formula is C8H14O2. The molecule has 0 unspecified atom stereocenters. The van der Waals surface area contributed by atoms with Crippen LogP contribution >= 0.6 is 0 Å². The summed E-state index contributed by atoms with van der Waals surface area (Å²) in [5.41, 5.74) is -0.391. The number of aliphatic hydroxyl groups excluding tert-OH is 2. The smallest absolute Gasteiger partial charge is 0.0653 e. The van der Waals surface area contributed by atoms with Gasteiger partial charge in [-0.2, -0.15) is 0 Å². The van der Waals surface area contributed by atoms with Crippen molar-refractivity contribution in [2.45, 2.75) is 25.9 Å². The summed E-state index contributed by atoms with van der Waals surface area (Å²) in [6.07, 6.45) is 5.25. The Morgan fingerprint density at radius 2 is 2.40 bits per heavy atom. The van der Waals surface area contributed by atoms with Crippen LogP contribution in [0, 0.1) is 5.41 Å². The zero-order valence-electron chi connectivity index (χ0n) is 6.25. The van der Waals surface area contributed by atoms with E-state index < -0.39 is 5.41 Å². The summed E-state index contributed by atoms with van der Waals surface area (Å²) in [5.74, 6) is 0. The van der Waals surface area contributed by atoms with Crippen LogP contribution < -0.4 is 0 Å². The molecule has 1 rings (SSSR count). The quantitative estimate of drug-likeness (QED) is 0.529. The van der Waals surface area contributed by atoms with Crippen molar-refractivity contribution in [2.75, 3.05) is 6.61 Å². The van der Waals surface area contributed by atoms with Gasteiger partial charge in [0.2, 0.25) is 0 Å². The van der Waals surface area contributed by atoms with Crippen LogP contribution in [0.5, 0.6) is 0 Å². The molecule has 0 bridgehead atoms. The molecule has 0 spiro atoms. The van der Waals surface area contributed by atoms with Crippen LogP contribution in [0.25, 0.3) is 0 Å². The van der Waals surface area contributed by atoms with Crippen molar-refractivity contribution in [1.29, 1.82) is 0 Å². The first-order chi connectivity index (χ1) is 4.69. The number of rotatable bonds is 1. The summed E-state index contributed by atoms with van der Waals surface area (Å²) in [4.78, 5) is 0. The fourth-order valence-corrected chi connectivity index (χ4v) is 1.21. The minimum absolute atomic E-state index is 0.0324. The van der Waals surface area contributed by atoms with E-state index in [-0.39, 0.29) is 12.7 Å². The first-order valence-corrected chi connectivity index (χ1v) is 3.66. The Morgan fingerprint density at radius 3 is 2.80 bits per heavy atom. The molecule has 0 fully saturated rings. The first kappa shape index (κ1) is 7.76. The van der Waals surface area contributed by atoms with Crippen LogP contribution in [0.2, 0.25) is 0 Å². The van der Waals surface area contributed by atoms with Gasteiger partial charge in [0, 0.05) is 5.41 Å². The molecule has 2 heteroatoms. The SMILES string of the molecule is C[C@]1(CO)C=CCC[C@H]1O. The maximum atomic E-state index is 9.42. The van der Waals surface area contributed by atoms with E-state index in [2.05, 4.69) is 0 Å². The van der Waals surface area contributed by atoms with Gasteiger partial charge in [0.15, 0.2) is 0 Å². The normalized spacial score (nSPS) is 40.1. The Labute approximate surface area is 61.2 Å². The third kappa shape index (κ3) is 1.22. The molecule has 0 aliphatic heterocycles. The molecule has 1 aliphatic rings. The Morgan fingerprint density at radius 1 is 1.70 bits per heavy atom. The van der Waals surface area contributed by atoms with E-state index in [0.717, 1.165) is 12.8 Å². The molecule has 0 saturated heterocycles. The minimum atomic E-state index is -0.391. The molecule has 0 heterocycles. The highest BCUT2D eigenvalue weighted by Crippen LogP contribution is 2.29. The predicted octanol–water partition coefficient (Wildman–Crippen LogP) is 0.696. The molecule has 0 aromatic rings. The monoisotopic (exact) mass is 142 g/mol. The number of aliphatic hydroxyl groups is 2. The van der Waals surface area contributed by atoms with Crippen molar-refractivity contribution in [1.82, 2.24) is 0 Å². The summed E-state index contributed by atoms with van der Waals surface area (Å²) in [7, 11) is 0. The Balaban J connectivity index is 2.71. The lowest BCUT2D eigenvalue weighted by Gasteiger charge is -2.32. The zero-order valence-corrected chi connectivity index (χ0v) is 6.25. The molecule has 0 radical (unpaired) electrons. The van der Waals surface area contributed by atoms with Crippen molar-refractivity contribution >= 4 is 0 Å². The highest BCUT2D eigenvalue weighted by molar-refractivity contribution is 5.05. The number of allylic oxidation sites excluding steroid dienone is 1. The summed E-state index contributed by atoms with van der Waals surface area (Å²) in [5, 5.41) is 18.3. The second-order valence-corrected chi connectivity index (χ2v) is 3.16. The lowest BCUT2D eigenvalue weighted by Crippen LogP contribution is -2.35. The van der Waals surface area contributed by atoms with Crippen molar-refractivity contribution in [3.63, 3.8) is 0 Å². The van der Waals surface area contributed by atoms with Gasteiger partial charge in [-0.1, -0.05) is 19.1 Å². The van der Waals surface area contributed by atoms with E-state index in [1.165, 1.54) is 0 Å². The van der Waals surface area contributed by atoms with E-state index in [1.54, 1.807) is 0 Å². The number of hydrogen-bond acceptors (Lipinski definition) is 2.